The molecule has 0 saturated heterocycles. The van der Waals surface area contributed by atoms with Crippen molar-refractivity contribution in [2.75, 3.05) is 12.1 Å². The predicted molar refractivity (Wildman–Crippen MR) is 90.7 cm³/mol. The topological polar surface area (TPSA) is 80.6 Å². The molecule has 2 aromatic heterocycles. The Hall–Kier alpha value is -2.67. The van der Waals surface area contributed by atoms with Gasteiger partial charge in [-0.05, 0) is 25.5 Å². The van der Waals surface area contributed by atoms with Gasteiger partial charge in [-0.25, -0.2) is 9.97 Å². The lowest BCUT2D eigenvalue weighted by Gasteiger charge is -2.13. The zero-order valence-electron chi connectivity index (χ0n) is 13.9. The van der Waals surface area contributed by atoms with E-state index in [9.17, 15) is 4.79 Å². The third kappa shape index (κ3) is 3.16. The second-order valence-corrected chi connectivity index (χ2v) is 5.46. The van der Waals surface area contributed by atoms with Crippen LogP contribution in [-0.2, 0) is 16.0 Å². The van der Waals surface area contributed by atoms with E-state index >= 15 is 0 Å². The summed E-state index contributed by atoms with van der Waals surface area (Å²) in [6, 6.07) is 7.34. The van der Waals surface area contributed by atoms with Gasteiger partial charge in [-0.3, -0.25) is 9.78 Å². The van der Waals surface area contributed by atoms with Gasteiger partial charge in [-0.15, -0.1) is 0 Å². The molecule has 2 aromatic rings. The fourth-order valence-corrected chi connectivity index (χ4v) is 2.37. The van der Waals surface area contributed by atoms with Gasteiger partial charge in [0, 0.05) is 25.1 Å². The first-order chi connectivity index (χ1) is 11.6. The highest BCUT2D eigenvalue weighted by Gasteiger charge is 2.29. The molecule has 124 valence electrons. The highest BCUT2D eigenvalue weighted by atomic mass is 16.5. The Morgan fingerprint density at radius 1 is 1.33 bits per heavy atom. The van der Waals surface area contributed by atoms with Crippen molar-refractivity contribution < 1.29 is 9.53 Å². The molecular weight excluding hydrogens is 306 g/mol. The summed E-state index contributed by atoms with van der Waals surface area (Å²) in [4.78, 5) is 25.6. The van der Waals surface area contributed by atoms with Crippen LogP contribution in [0.1, 0.15) is 26.0 Å². The normalized spacial score (nSPS) is 15.5. The van der Waals surface area contributed by atoms with E-state index in [1.165, 1.54) is 5.01 Å². The Morgan fingerprint density at radius 3 is 2.83 bits per heavy atom. The van der Waals surface area contributed by atoms with Crippen LogP contribution in [0.5, 0.6) is 0 Å². The van der Waals surface area contributed by atoms with E-state index in [0.29, 0.717) is 23.0 Å². The second kappa shape index (κ2) is 6.84. The maximum atomic E-state index is 12.3. The highest BCUT2D eigenvalue weighted by molar-refractivity contribution is 6.14. The zero-order valence-corrected chi connectivity index (χ0v) is 13.9. The third-order valence-electron chi connectivity index (χ3n) is 3.86. The van der Waals surface area contributed by atoms with Gasteiger partial charge in [-0.1, -0.05) is 13.0 Å². The Kier molecular flexibility index (Phi) is 4.61. The summed E-state index contributed by atoms with van der Waals surface area (Å²) in [7, 11) is 1.60. The van der Waals surface area contributed by atoms with Gasteiger partial charge in [0.05, 0.1) is 18.2 Å². The molecule has 0 bridgehead atoms. The minimum atomic E-state index is -0.207. The zero-order chi connectivity index (χ0) is 17.1. The largest absolute Gasteiger partial charge is 0.376 e. The number of nitrogens with zero attached hydrogens (tertiary/aromatic N) is 5. The van der Waals surface area contributed by atoms with E-state index in [0.717, 1.165) is 12.1 Å². The van der Waals surface area contributed by atoms with Crippen LogP contribution in [0.25, 0.3) is 11.5 Å². The lowest BCUT2D eigenvalue weighted by Crippen LogP contribution is -2.21. The molecule has 0 spiro atoms. The molecule has 1 aliphatic heterocycles. The molecule has 1 amide bonds. The molecule has 0 fully saturated rings. The first-order valence-electron chi connectivity index (χ1n) is 7.84. The first kappa shape index (κ1) is 16.2. The van der Waals surface area contributed by atoms with Gasteiger partial charge in [0.1, 0.15) is 5.69 Å². The number of aryl methyl sites for hydroxylation is 1. The molecule has 0 radical (unpaired) electrons. The van der Waals surface area contributed by atoms with E-state index in [2.05, 4.69) is 20.1 Å². The smallest absolute Gasteiger partial charge is 0.254 e. The van der Waals surface area contributed by atoms with Crippen LogP contribution in [0.15, 0.2) is 35.6 Å². The van der Waals surface area contributed by atoms with Gasteiger partial charge in [0.15, 0.2) is 11.6 Å². The summed E-state index contributed by atoms with van der Waals surface area (Å²) < 4.78 is 5.25. The van der Waals surface area contributed by atoms with E-state index in [4.69, 9.17) is 4.74 Å². The van der Waals surface area contributed by atoms with Crippen LogP contribution in [0.3, 0.4) is 0 Å². The molecule has 24 heavy (non-hydrogen) atoms. The van der Waals surface area contributed by atoms with Gasteiger partial charge in [0.2, 0.25) is 0 Å². The number of amides is 1. The Bertz CT molecular complexity index is 776. The number of hydrogen-bond donors (Lipinski definition) is 0. The van der Waals surface area contributed by atoms with Crippen molar-refractivity contribution in [3.8, 4) is 11.5 Å². The van der Waals surface area contributed by atoms with Crippen molar-refractivity contribution in [3.05, 3.63) is 36.2 Å². The summed E-state index contributed by atoms with van der Waals surface area (Å²) >= 11 is 0. The van der Waals surface area contributed by atoms with Crippen LogP contribution < -0.4 is 5.01 Å². The fraction of sp³-hybridized carbons (Fsp3) is 0.353. The maximum absolute atomic E-state index is 12.3. The maximum Gasteiger partial charge on any atom is 0.254 e. The van der Waals surface area contributed by atoms with Gasteiger partial charge < -0.3 is 4.74 Å². The van der Waals surface area contributed by atoms with Crippen LogP contribution in [-0.4, -0.2) is 39.8 Å². The van der Waals surface area contributed by atoms with Crippen molar-refractivity contribution in [3.63, 3.8) is 0 Å². The van der Waals surface area contributed by atoms with Gasteiger partial charge in [-0.2, -0.15) is 10.1 Å². The number of carbonyl (C=O) groups is 1. The van der Waals surface area contributed by atoms with Crippen molar-refractivity contribution in [1.82, 2.24) is 15.0 Å². The van der Waals surface area contributed by atoms with E-state index in [1.807, 2.05) is 32.0 Å². The number of methoxy groups -OCH3 is 1. The summed E-state index contributed by atoms with van der Waals surface area (Å²) in [6.45, 7) is 3.87. The number of aromatic nitrogens is 3. The second-order valence-electron chi connectivity index (χ2n) is 5.46. The molecule has 0 saturated carbocycles. The molecule has 0 aromatic carbocycles. The Labute approximate surface area is 140 Å². The molecule has 3 heterocycles. The number of pyridine rings is 1. The molecule has 1 atom stereocenters. The molecular formula is C17H19N5O2. The molecule has 1 unspecified atom stereocenters. The average molecular weight is 325 g/mol. The summed E-state index contributed by atoms with van der Waals surface area (Å²) in [5.74, 6) is 0.827. The molecule has 0 aliphatic carbocycles. The van der Waals surface area contributed by atoms with Crippen molar-refractivity contribution in [2.45, 2.75) is 32.8 Å². The summed E-state index contributed by atoms with van der Waals surface area (Å²) in [5.41, 5.74) is 2.19. The van der Waals surface area contributed by atoms with Crippen LogP contribution in [0.2, 0.25) is 0 Å². The molecule has 3 rings (SSSR count). The monoisotopic (exact) mass is 325 g/mol. The number of ether oxygens (including phenoxy) is 1. The van der Waals surface area contributed by atoms with Crippen LogP contribution >= 0.6 is 0 Å². The Morgan fingerprint density at radius 2 is 2.17 bits per heavy atom. The highest BCUT2D eigenvalue weighted by Crippen LogP contribution is 2.23. The SMILES string of the molecule is CCc1cc(N2N=C(C(C)OC)CC2=O)nc(-c2ccccn2)n1. The standard InChI is InChI=1S/C17H19N5O2/c1-4-12-9-15(20-17(19-12)13-7-5-6-8-18-13)22-16(23)10-14(21-22)11(2)24-3/h5-9,11H,4,10H2,1-3H3. The number of hydrazone groups is 1. The lowest BCUT2D eigenvalue weighted by molar-refractivity contribution is -0.117. The van der Waals surface area contributed by atoms with E-state index in [1.54, 1.807) is 19.4 Å². The van der Waals surface area contributed by atoms with Gasteiger partial charge >= 0.3 is 0 Å². The molecule has 1 aliphatic rings. The number of rotatable bonds is 5. The first-order valence-corrected chi connectivity index (χ1v) is 7.84. The molecule has 0 N–H and O–H groups in total. The summed E-state index contributed by atoms with van der Waals surface area (Å²) in [5, 5.41) is 5.72. The van der Waals surface area contributed by atoms with E-state index in [-0.39, 0.29) is 18.4 Å². The fourth-order valence-electron chi connectivity index (χ4n) is 2.37. The third-order valence-corrected chi connectivity index (χ3v) is 3.86. The number of carbonyl (C=O) groups excluding carboxylic acids is 1. The minimum Gasteiger partial charge on any atom is -0.376 e. The Balaban J connectivity index is 2.02. The van der Waals surface area contributed by atoms with Crippen molar-refractivity contribution in [1.29, 1.82) is 0 Å². The minimum absolute atomic E-state index is 0.123. The number of anilines is 1. The predicted octanol–water partition coefficient (Wildman–Crippen LogP) is 2.23. The van der Waals surface area contributed by atoms with Crippen molar-refractivity contribution in [2.24, 2.45) is 5.10 Å². The summed E-state index contributed by atoms with van der Waals surface area (Å²) in [6.07, 6.45) is 2.44. The molecule has 7 heteroatoms. The quantitative estimate of drug-likeness (QED) is 0.842. The van der Waals surface area contributed by atoms with Crippen LogP contribution in [0, 0.1) is 0 Å². The van der Waals surface area contributed by atoms with Crippen LogP contribution in [0.4, 0.5) is 5.82 Å². The molecule has 7 nitrogen and oxygen atoms in total. The average Bonchev–Trinajstić information content (AvgIpc) is 3.03. The van der Waals surface area contributed by atoms with E-state index < -0.39 is 0 Å². The number of hydrogen-bond acceptors (Lipinski definition) is 6. The van der Waals surface area contributed by atoms with Crippen molar-refractivity contribution >= 4 is 17.4 Å². The van der Waals surface area contributed by atoms with Gasteiger partial charge in [0.25, 0.3) is 5.91 Å². The lowest BCUT2D eigenvalue weighted by atomic mass is 10.2.